The molecule has 5 nitrogen and oxygen atoms in total. The number of aryl methyl sites for hydroxylation is 1. The number of hydrogen-bond acceptors (Lipinski definition) is 4. The van der Waals surface area contributed by atoms with E-state index in [0.29, 0.717) is 5.92 Å². The molecule has 0 aliphatic carbocycles. The van der Waals surface area contributed by atoms with Gasteiger partial charge in [-0.2, -0.15) is 5.10 Å². The van der Waals surface area contributed by atoms with Crippen molar-refractivity contribution in [2.45, 2.75) is 19.8 Å². The van der Waals surface area contributed by atoms with Crippen LogP contribution in [0.25, 0.3) is 5.52 Å². The zero-order valence-corrected chi connectivity index (χ0v) is 10.7. The Kier molecular flexibility index (Phi) is 3.15. The lowest BCUT2D eigenvalue weighted by Crippen LogP contribution is -2.33. The van der Waals surface area contributed by atoms with Crippen LogP contribution in [-0.4, -0.2) is 34.2 Å². The van der Waals surface area contributed by atoms with Crippen molar-refractivity contribution in [2.75, 3.05) is 25.0 Å². The molecule has 0 saturated carbocycles. The van der Waals surface area contributed by atoms with Crippen LogP contribution in [0.5, 0.6) is 0 Å². The van der Waals surface area contributed by atoms with Gasteiger partial charge < -0.3 is 10.6 Å². The van der Waals surface area contributed by atoms with E-state index in [1.165, 1.54) is 12.8 Å². The highest BCUT2D eigenvalue weighted by Crippen LogP contribution is 2.16. The second kappa shape index (κ2) is 4.94. The van der Waals surface area contributed by atoms with Crippen molar-refractivity contribution >= 4 is 11.3 Å². The van der Waals surface area contributed by atoms with Crippen molar-refractivity contribution in [3.05, 3.63) is 24.2 Å². The average molecular weight is 245 g/mol. The number of aromatic nitrogens is 3. The molecule has 0 spiro atoms. The highest BCUT2D eigenvalue weighted by Gasteiger charge is 2.13. The van der Waals surface area contributed by atoms with Gasteiger partial charge in [0, 0.05) is 18.9 Å². The van der Waals surface area contributed by atoms with Crippen LogP contribution in [0, 0.1) is 12.8 Å². The lowest BCUT2D eigenvalue weighted by atomic mass is 10.00. The zero-order valence-electron chi connectivity index (χ0n) is 10.7. The number of rotatable bonds is 3. The topological polar surface area (TPSA) is 54.2 Å². The van der Waals surface area contributed by atoms with Gasteiger partial charge in [-0.25, -0.2) is 9.50 Å². The van der Waals surface area contributed by atoms with Crippen LogP contribution < -0.4 is 10.6 Å². The lowest BCUT2D eigenvalue weighted by molar-refractivity contribution is 0.392. The third-order valence-corrected chi connectivity index (χ3v) is 3.47. The summed E-state index contributed by atoms with van der Waals surface area (Å²) in [5.41, 5.74) is 2.07. The van der Waals surface area contributed by atoms with Gasteiger partial charge in [-0.1, -0.05) is 0 Å². The summed E-state index contributed by atoms with van der Waals surface area (Å²) in [7, 11) is 0. The minimum Gasteiger partial charge on any atom is -0.368 e. The highest BCUT2D eigenvalue weighted by molar-refractivity contribution is 5.67. The third-order valence-electron chi connectivity index (χ3n) is 3.47. The Morgan fingerprint density at radius 3 is 3.33 bits per heavy atom. The van der Waals surface area contributed by atoms with E-state index in [1.54, 1.807) is 6.20 Å². The molecule has 5 heteroatoms. The van der Waals surface area contributed by atoms with Gasteiger partial charge in [0.05, 0.1) is 5.69 Å². The highest BCUT2D eigenvalue weighted by atomic mass is 15.2. The molecule has 0 radical (unpaired) electrons. The predicted octanol–water partition coefficient (Wildman–Crippen LogP) is 1.45. The first-order chi connectivity index (χ1) is 8.83. The van der Waals surface area contributed by atoms with Gasteiger partial charge in [-0.3, -0.25) is 0 Å². The summed E-state index contributed by atoms with van der Waals surface area (Å²) in [5, 5.41) is 11.3. The molecule has 1 unspecified atom stereocenters. The summed E-state index contributed by atoms with van der Waals surface area (Å²) in [5.74, 6) is 1.63. The normalized spacial score (nSPS) is 20.2. The van der Waals surface area contributed by atoms with Gasteiger partial charge in [0.15, 0.2) is 5.82 Å². The van der Waals surface area contributed by atoms with Crippen molar-refractivity contribution < 1.29 is 0 Å². The fourth-order valence-corrected chi connectivity index (χ4v) is 2.52. The summed E-state index contributed by atoms with van der Waals surface area (Å²) in [6.45, 7) is 5.24. The fraction of sp³-hybridized carbons (Fsp3) is 0.538. The molecule has 0 aromatic carbocycles. The number of fused-ring (bicyclic) bond motifs is 1. The molecule has 1 aliphatic rings. The van der Waals surface area contributed by atoms with Crippen molar-refractivity contribution in [2.24, 2.45) is 5.92 Å². The maximum atomic E-state index is 4.41. The summed E-state index contributed by atoms with van der Waals surface area (Å²) < 4.78 is 1.88. The molecular weight excluding hydrogens is 226 g/mol. The molecule has 1 saturated heterocycles. The van der Waals surface area contributed by atoms with Crippen LogP contribution in [0.15, 0.2) is 18.5 Å². The molecule has 2 aromatic heterocycles. The van der Waals surface area contributed by atoms with Crippen LogP contribution in [0.2, 0.25) is 0 Å². The molecule has 2 N–H and O–H groups in total. The molecule has 1 atom stereocenters. The molecule has 96 valence electrons. The SMILES string of the molecule is Cc1cc2c(NCC3CCCNC3)nccn2n1. The van der Waals surface area contributed by atoms with Crippen LogP contribution in [0.4, 0.5) is 5.82 Å². The molecule has 1 fully saturated rings. The minimum absolute atomic E-state index is 0.699. The van der Waals surface area contributed by atoms with E-state index in [2.05, 4.69) is 26.8 Å². The Labute approximate surface area is 107 Å². The molecule has 1 aliphatic heterocycles. The molecule has 3 rings (SSSR count). The van der Waals surface area contributed by atoms with Gasteiger partial charge in [-0.05, 0) is 44.8 Å². The largest absolute Gasteiger partial charge is 0.368 e. The van der Waals surface area contributed by atoms with Gasteiger partial charge >= 0.3 is 0 Å². The Morgan fingerprint density at radius 1 is 1.56 bits per heavy atom. The first-order valence-corrected chi connectivity index (χ1v) is 6.58. The van der Waals surface area contributed by atoms with E-state index in [1.807, 2.05) is 17.6 Å². The van der Waals surface area contributed by atoms with E-state index >= 15 is 0 Å². The minimum atomic E-state index is 0.699. The van der Waals surface area contributed by atoms with E-state index in [9.17, 15) is 0 Å². The van der Waals surface area contributed by atoms with E-state index < -0.39 is 0 Å². The second-order valence-electron chi connectivity index (χ2n) is 4.98. The molecule has 2 aromatic rings. The predicted molar refractivity (Wildman–Crippen MR) is 71.8 cm³/mol. The molecule has 0 amide bonds. The first kappa shape index (κ1) is 11.5. The van der Waals surface area contributed by atoms with Crippen LogP contribution in [0.1, 0.15) is 18.5 Å². The number of piperidine rings is 1. The van der Waals surface area contributed by atoms with E-state index in [-0.39, 0.29) is 0 Å². The third kappa shape index (κ3) is 2.31. The smallest absolute Gasteiger partial charge is 0.152 e. The van der Waals surface area contributed by atoms with Crippen LogP contribution in [-0.2, 0) is 0 Å². The molecule has 3 heterocycles. The van der Waals surface area contributed by atoms with Crippen LogP contribution >= 0.6 is 0 Å². The average Bonchev–Trinajstić information content (AvgIpc) is 2.78. The summed E-state index contributed by atoms with van der Waals surface area (Å²) in [6, 6.07) is 2.06. The monoisotopic (exact) mass is 245 g/mol. The number of nitrogens with zero attached hydrogens (tertiary/aromatic N) is 3. The van der Waals surface area contributed by atoms with E-state index in [0.717, 1.165) is 36.7 Å². The quantitative estimate of drug-likeness (QED) is 0.859. The van der Waals surface area contributed by atoms with Crippen molar-refractivity contribution in [1.82, 2.24) is 19.9 Å². The summed E-state index contributed by atoms with van der Waals surface area (Å²) >= 11 is 0. The van der Waals surface area contributed by atoms with Gasteiger partial charge in [0.2, 0.25) is 0 Å². The molecule has 0 bridgehead atoms. The second-order valence-corrected chi connectivity index (χ2v) is 4.98. The lowest BCUT2D eigenvalue weighted by Gasteiger charge is -2.23. The van der Waals surface area contributed by atoms with Crippen molar-refractivity contribution in [1.29, 1.82) is 0 Å². The maximum Gasteiger partial charge on any atom is 0.152 e. The Bertz CT molecular complexity index is 527. The number of nitrogens with one attached hydrogen (secondary N) is 2. The van der Waals surface area contributed by atoms with Gasteiger partial charge in [0.25, 0.3) is 0 Å². The van der Waals surface area contributed by atoms with E-state index in [4.69, 9.17) is 0 Å². The summed E-state index contributed by atoms with van der Waals surface area (Å²) in [6.07, 6.45) is 6.24. The summed E-state index contributed by atoms with van der Waals surface area (Å²) in [4.78, 5) is 4.41. The van der Waals surface area contributed by atoms with Gasteiger partial charge in [0.1, 0.15) is 5.52 Å². The molecule has 18 heavy (non-hydrogen) atoms. The zero-order chi connectivity index (χ0) is 12.4. The standard InChI is InChI=1S/C13H19N5/c1-10-7-12-13(15-5-6-18(12)17-10)16-9-11-3-2-4-14-8-11/h5-7,11,14H,2-4,8-9H2,1H3,(H,15,16). The van der Waals surface area contributed by atoms with Gasteiger partial charge in [-0.15, -0.1) is 0 Å². The van der Waals surface area contributed by atoms with Crippen molar-refractivity contribution in [3.63, 3.8) is 0 Å². The number of anilines is 1. The Morgan fingerprint density at radius 2 is 2.50 bits per heavy atom. The molecular formula is C13H19N5. The Balaban J connectivity index is 1.73. The fourth-order valence-electron chi connectivity index (χ4n) is 2.52. The Hall–Kier alpha value is -1.62. The van der Waals surface area contributed by atoms with Crippen molar-refractivity contribution in [3.8, 4) is 0 Å². The maximum absolute atomic E-state index is 4.41. The first-order valence-electron chi connectivity index (χ1n) is 6.58. The van der Waals surface area contributed by atoms with Crippen LogP contribution in [0.3, 0.4) is 0 Å². The number of hydrogen-bond donors (Lipinski definition) is 2.